The second-order valence-corrected chi connectivity index (χ2v) is 6.53. The highest BCUT2D eigenvalue weighted by molar-refractivity contribution is 5.89. The van der Waals surface area contributed by atoms with Crippen LogP contribution in [0.3, 0.4) is 0 Å². The number of esters is 1. The molecule has 1 N–H and O–H groups in total. The van der Waals surface area contributed by atoms with Crippen LogP contribution >= 0.6 is 0 Å². The Kier molecular flexibility index (Phi) is 4.48. The molecule has 1 aromatic carbocycles. The van der Waals surface area contributed by atoms with E-state index in [1.165, 1.54) is 11.1 Å². The van der Waals surface area contributed by atoms with Crippen molar-refractivity contribution in [2.75, 3.05) is 13.2 Å². The minimum absolute atomic E-state index is 0.210. The number of fused-ring (bicyclic) bond motifs is 1. The van der Waals surface area contributed by atoms with E-state index in [0.29, 0.717) is 18.2 Å². The standard InChI is InChI=1S/C17H25NO2/c1-5-20-16(19)13-7-6-12-8-9-18-15(17(2,3)4)11-14(12)10-13/h6-7,10,15,18H,5,8-9,11H2,1-4H3. The zero-order valence-corrected chi connectivity index (χ0v) is 13.0. The molecule has 3 heteroatoms. The van der Waals surface area contributed by atoms with Crippen LogP contribution in [-0.4, -0.2) is 25.2 Å². The van der Waals surface area contributed by atoms with Gasteiger partial charge in [0.2, 0.25) is 0 Å². The topological polar surface area (TPSA) is 38.3 Å². The normalized spacial score (nSPS) is 19.1. The van der Waals surface area contributed by atoms with Crippen molar-refractivity contribution < 1.29 is 9.53 Å². The van der Waals surface area contributed by atoms with E-state index in [9.17, 15) is 4.79 Å². The van der Waals surface area contributed by atoms with Gasteiger partial charge in [-0.05, 0) is 55.0 Å². The molecular weight excluding hydrogens is 250 g/mol. The summed E-state index contributed by atoms with van der Waals surface area (Å²) in [5, 5.41) is 3.63. The third-order valence-corrected chi connectivity index (χ3v) is 3.97. The van der Waals surface area contributed by atoms with Gasteiger partial charge in [-0.2, -0.15) is 0 Å². The molecule has 20 heavy (non-hydrogen) atoms. The summed E-state index contributed by atoms with van der Waals surface area (Å²) in [6.45, 7) is 10.0. The lowest BCUT2D eigenvalue weighted by Crippen LogP contribution is -2.41. The Balaban J connectivity index is 2.27. The van der Waals surface area contributed by atoms with Gasteiger partial charge in [-0.25, -0.2) is 4.79 Å². The quantitative estimate of drug-likeness (QED) is 0.843. The van der Waals surface area contributed by atoms with E-state index < -0.39 is 0 Å². The lowest BCUT2D eigenvalue weighted by atomic mass is 9.82. The van der Waals surface area contributed by atoms with Crippen molar-refractivity contribution in [2.24, 2.45) is 5.41 Å². The summed E-state index contributed by atoms with van der Waals surface area (Å²) in [6, 6.07) is 6.41. The molecule has 1 atom stereocenters. The lowest BCUT2D eigenvalue weighted by Gasteiger charge is -2.30. The Morgan fingerprint density at radius 3 is 2.75 bits per heavy atom. The van der Waals surface area contributed by atoms with Crippen LogP contribution in [0.15, 0.2) is 18.2 Å². The van der Waals surface area contributed by atoms with Crippen molar-refractivity contribution in [2.45, 2.75) is 46.6 Å². The molecule has 0 bridgehead atoms. The van der Waals surface area contributed by atoms with Crippen LogP contribution < -0.4 is 5.32 Å². The molecular formula is C17H25NO2. The maximum absolute atomic E-state index is 11.9. The van der Waals surface area contributed by atoms with Crippen LogP contribution in [0.1, 0.15) is 49.2 Å². The molecule has 0 fully saturated rings. The first-order chi connectivity index (χ1) is 9.41. The highest BCUT2D eigenvalue weighted by Gasteiger charge is 2.27. The minimum Gasteiger partial charge on any atom is -0.462 e. The first-order valence-electron chi connectivity index (χ1n) is 7.44. The van der Waals surface area contributed by atoms with Gasteiger partial charge in [-0.3, -0.25) is 0 Å². The summed E-state index contributed by atoms with van der Waals surface area (Å²) < 4.78 is 5.09. The third-order valence-electron chi connectivity index (χ3n) is 3.97. The molecule has 1 heterocycles. The molecule has 2 rings (SSSR count). The van der Waals surface area contributed by atoms with Crippen molar-refractivity contribution in [3.8, 4) is 0 Å². The van der Waals surface area contributed by atoms with Gasteiger partial charge in [-0.1, -0.05) is 26.8 Å². The molecule has 1 unspecified atom stereocenters. The average Bonchev–Trinajstić information content (AvgIpc) is 2.59. The second-order valence-electron chi connectivity index (χ2n) is 6.53. The predicted octanol–water partition coefficient (Wildman–Crippen LogP) is 2.97. The smallest absolute Gasteiger partial charge is 0.338 e. The molecule has 3 nitrogen and oxygen atoms in total. The van der Waals surface area contributed by atoms with Gasteiger partial charge >= 0.3 is 5.97 Å². The van der Waals surface area contributed by atoms with Crippen molar-refractivity contribution in [3.63, 3.8) is 0 Å². The highest BCUT2D eigenvalue weighted by Crippen LogP contribution is 2.27. The van der Waals surface area contributed by atoms with Gasteiger partial charge in [0, 0.05) is 6.04 Å². The maximum Gasteiger partial charge on any atom is 0.338 e. The molecule has 0 aromatic heterocycles. The van der Waals surface area contributed by atoms with Crippen molar-refractivity contribution >= 4 is 5.97 Å². The van der Waals surface area contributed by atoms with Gasteiger partial charge in [0.15, 0.2) is 0 Å². The molecule has 0 aliphatic carbocycles. The van der Waals surface area contributed by atoms with Crippen LogP contribution in [0, 0.1) is 5.41 Å². The van der Waals surface area contributed by atoms with Crippen molar-refractivity contribution in [3.05, 3.63) is 34.9 Å². The number of hydrogen-bond acceptors (Lipinski definition) is 3. The number of rotatable bonds is 2. The zero-order chi connectivity index (χ0) is 14.8. The SMILES string of the molecule is CCOC(=O)c1ccc2c(c1)CC(C(C)(C)C)NCC2. The molecule has 1 aliphatic rings. The summed E-state index contributed by atoms with van der Waals surface area (Å²) >= 11 is 0. The van der Waals surface area contributed by atoms with E-state index in [1.54, 1.807) is 0 Å². The number of nitrogens with one attached hydrogen (secondary N) is 1. The maximum atomic E-state index is 11.9. The Labute approximate surface area is 121 Å². The van der Waals surface area contributed by atoms with Crippen LogP contribution in [0.5, 0.6) is 0 Å². The summed E-state index contributed by atoms with van der Waals surface area (Å²) in [6.07, 6.45) is 1.98. The van der Waals surface area contributed by atoms with Crippen LogP contribution in [0.4, 0.5) is 0 Å². The van der Waals surface area contributed by atoms with Crippen LogP contribution in [-0.2, 0) is 17.6 Å². The van der Waals surface area contributed by atoms with Crippen molar-refractivity contribution in [1.82, 2.24) is 5.32 Å². The molecule has 0 spiro atoms. The number of carbonyl (C=O) groups excluding carboxylic acids is 1. The van der Waals surface area contributed by atoms with E-state index in [2.05, 4.69) is 32.2 Å². The molecule has 110 valence electrons. The van der Waals surface area contributed by atoms with E-state index in [1.807, 2.05) is 19.1 Å². The first-order valence-corrected chi connectivity index (χ1v) is 7.44. The molecule has 1 aromatic rings. The van der Waals surface area contributed by atoms with Crippen molar-refractivity contribution in [1.29, 1.82) is 0 Å². The van der Waals surface area contributed by atoms with Crippen LogP contribution in [0.25, 0.3) is 0 Å². The van der Waals surface area contributed by atoms with Gasteiger partial charge in [0.05, 0.1) is 12.2 Å². The largest absolute Gasteiger partial charge is 0.462 e. The van der Waals surface area contributed by atoms with E-state index in [4.69, 9.17) is 4.74 Å². The van der Waals surface area contributed by atoms with E-state index in [-0.39, 0.29) is 11.4 Å². The zero-order valence-electron chi connectivity index (χ0n) is 13.0. The van der Waals surface area contributed by atoms with E-state index >= 15 is 0 Å². The molecule has 0 amide bonds. The predicted molar refractivity (Wildman–Crippen MR) is 81.1 cm³/mol. The lowest BCUT2D eigenvalue weighted by molar-refractivity contribution is 0.0526. The number of benzene rings is 1. The Morgan fingerprint density at radius 1 is 1.35 bits per heavy atom. The second kappa shape index (κ2) is 5.96. The van der Waals surface area contributed by atoms with Crippen LogP contribution in [0.2, 0.25) is 0 Å². The molecule has 0 saturated heterocycles. The Morgan fingerprint density at radius 2 is 2.10 bits per heavy atom. The van der Waals surface area contributed by atoms with Gasteiger partial charge in [0.1, 0.15) is 0 Å². The van der Waals surface area contributed by atoms with E-state index in [0.717, 1.165) is 19.4 Å². The molecule has 1 aliphatic heterocycles. The summed E-state index contributed by atoms with van der Waals surface area (Å²) in [5.41, 5.74) is 3.50. The summed E-state index contributed by atoms with van der Waals surface area (Å²) in [5.74, 6) is -0.222. The van der Waals surface area contributed by atoms with Gasteiger partial charge < -0.3 is 10.1 Å². The third kappa shape index (κ3) is 3.40. The minimum atomic E-state index is -0.222. The first kappa shape index (κ1) is 15.0. The average molecular weight is 275 g/mol. The Bertz CT molecular complexity index is 488. The highest BCUT2D eigenvalue weighted by atomic mass is 16.5. The fourth-order valence-corrected chi connectivity index (χ4v) is 2.69. The number of ether oxygens (including phenoxy) is 1. The monoisotopic (exact) mass is 275 g/mol. The number of hydrogen-bond donors (Lipinski definition) is 1. The Hall–Kier alpha value is -1.35. The summed E-state index contributed by atoms with van der Waals surface area (Å²) in [7, 11) is 0. The molecule has 0 radical (unpaired) electrons. The molecule has 0 saturated carbocycles. The fourth-order valence-electron chi connectivity index (χ4n) is 2.69. The van der Waals surface area contributed by atoms with Gasteiger partial charge in [0.25, 0.3) is 0 Å². The van der Waals surface area contributed by atoms with Gasteiger partial charge in [-0.15, -0.1) is 0 Å². The number of carbonyl (C=O) groups is 1. The summed E-state index contributed by atoms with van der Waals surface area (Å²) in [4.78, 5) is 11.9. The fraction of sp³-hybridized carbons (Fsp3) is 0.588.